The Kier molecular flexibility index (Phi) is 2.99. The molecule has 2 rings (SSSR count). The molecule has 0 unspecified atom stereocenters. The quantitative estimate of drug-likeness (QED) is 0.627. The van der Waals surface area contributed by atoms with Gasteiger partial charge in [0.2, 0.25) is 0 Å². The van der Waals surface area contributed by atoms with Crippen LogP contribution in [0.2, 0.25) is 0 Å². The van der Waals surface area contributed by atoms with Crippen molar-refractivity contribution < 1.29 is 14.3 Å². The molecule has 3 atom stereocenters. The molecule has 0 aliphatic carbocycles. The summed E-state index contributed by atoms with van der Waals surface area (Å²) < 4.78 is 11.2. The van der Waals surface area contributed by atoms with Crippen LogP contribution in [0.25, 0.3) is 0 Å². The van der Waals surface area contributed by atoms with E-state index >= 15 is 0 Å². The van der Waals surface area contributed by atoms with Gasteiger partial charge in [0.05, 0.1) is 12.2 Å². The second kappa shape index (κ2) is 4.24. The van der Waals surface area contributed by atoms with Gasteiger partial charge in [-0.05, 0) is 19.3 Å². The minimum Gasteiger partial charge on any atom is -0.375 e. The minimum atomic E-state index is -0.268. The highest BCUT2D eigenvalue weighted by Gasteiger charge is 2.38. The normalized spacial score (nSPS) is 37.7. The predicted octanol–water partition coefficient (Wildman–Crippen LogP) is 1.47. The molecule has 0 aromatic heterocycles. The number of carbonyl (C=O) groups is 1. The molecular weight excluding hydrogens is 180 g/mol. The summed E-state index contributed by atoms with van der Waals surface area (Å²) in [6.45, 7) is 4.40. The Balaban J connectivity index is 1.99. The van der Waals surface area contributed by atoms with Crippen LogP contribution in [0.4, 0.5) is 0 Å². The van der Waals surface area contributed by atoms with Crippen molar-refractivity contribution in [2.45, 2.75) is 44.0 Å². The second-order valence-electron chi connectivity index (χ2n) is 3.91. The number of Topliss-reactive ketones (excluding diaryl/α,β-unsaturated/α-hetero) is 1. The van der Waals surface area contributed by atoms with E-state index in [9.17, 15) is 4.79 Å². The summed E-state index contributed by atoms with van der Waals surface area (Å²) in [5.74, 6) is 0.160. The molecule has 3 heteroatoms. The lowest BCUT2D eigenvalue weighted by Gasteiger charge is -2.38. The maximum absolute atomic E-state index is 11.6. The molecule has 2 heterocycles. The Labute approximate surface area is 84.1 Å². The van der Waals surface area contributed by atoms with Crippen LogP contribution in [0, 0.1) is 0 Å². The Hall–Kier alpha value is -0.670. The summed E-state index contributed by atoms with van der Waals surface area (Å²) in [5.41, 5.74) is 0. The number of ketones is 1. The summed E-state index contributed by atoms with van der Waals surface area (Å²) in [6, 6.07) is 0. The third-order valence-electron chi connectivity index (χ3n) is 2.86. The molecule has 0 amide bonds. The Bertz CT molecular complexity index is 237. The first-order chi connectivity index (χ1) is 6.81. The molecule has 2 aliphatic heterocycles. The number of hydrogen-bond acceptors (Lipinski definition) is 3. The molecular formula is C11H16O3. The van der Waals surface area contributed by atoms with E-state index < -0.39 is 0 Å². The molecule has 78 valence electrons. The van der Waals surface area contributed by atoms with Crippen molar-refractivity contribution in [3.8, 4) is 0 Å². The number of ether oxygens (including phenoxy) is 2. The lowest BCUT2D eigenvalue weighted by atomic mass is 9.94. The monoisotopic (exact) mass is 196 g/mol. The molecule has 0 saturated carbocycles. The smallest absolute Gasteiger partial charge is 0.164 e. The fourth-order valence-electron chi connectivity index (χ4n) is 2.11. The number of hydrogen-bond donors (Lipinski definition) is 0. The van der Waals surface area contributed by atoms with E-state index in [1.54, 1.807) is 6.08 Å². The standard InChI is InChI=1S/C11H16O3/c1-2-4-9-8(12)7-11-10(14-9)5-3-6-13-11/h2,9-11H,1,3-7H2/t9-,10-,11+/m1/s1. The largest absolute Gasteiger partial charge is 0.375 e. The zero-order valence-corrected chi connectivity index (χ0v) is 8.28. The molecule has 0 spiro atoms. The van der Waals surface area contributed by atoms with Crippen LogP contribution in [0.3, 0.4) is 0 Å². The highest BCUT2D eigenvalue weighted by Crippen LogP contribution is 2.27. The lowest BCUT2D eigenvalue weighted by molar-refractivity contribution is -0.175. The van der Waals surface area contributed by atoms with Gasteiger partial charge in [0.1, 0.15) is 6.10 Å². The number of rotatable bonds is 2. The summed E-state index contributed by atoms with van der Waals surface area (Å²) >= 11 is 0. The fourth-order valence-corrected chi connectivity index (χ4v) is 2.11. The van der Waals surface area contributed by atoms with Gasteiger partial charge in [-0.2, -0.15) is 0 Å². The van der Waals surface area contributed by atoms with E-state index in [0.717, 1.165) is 19.4 Å². The molecule has 0 N–H and O–H groups in total. The molecule has 2 fully saturated rings. The van der Waals surface area contributed by atoms with Gasteiger partial charge in [-0.15, -0.1) is 6.58 Å². The SMILES string of the molecule is C=CC[C@H]1O[C@@H]2CCCO[C@H]2CC1=O. The summed E-state index contributed by atoms with van der Waals surface area (Å²) in [5, 5.41) is 0. The minimum absolute atomic E-state index is 0.0114. The van der Waals surface area contributed by atoms with Crippen LogP contribution in [0.5, 0.6) is 0 Å². The van der Waals surface area contributed by atoms with E-state index in [1.807, 2.05) is 0 Å². The third-order valence-corrected chi connectivity index (χ3v) is 2.86. The van der Waals surface area contributed by atoms with Gasteiger partial charge in [-0.3, -0.25) is 4.79 Å². The Morgan fingerprint density at radius 1 is 1.50 bits per heavy atom. The van der Waals surface area contributed by atoms with Crippen LogP contribution in [-0.2, 0) is 14.3 Å². The maximum atomic E-state index is 11.6. The summed E-state index contributed by atoms with van der Waals surface area (Å²) in [4.78, 5) is 11.6. The predicted molar refractivity (Wildman–Crippen MR) is 52.1 cm³/mol. The third kappa shape index (κ3) is 1.88. The van der Waals surface area contributed by atoms with Gasteiger partial charge in [0.15, 0.2) is 5.78 Å². The molecule has 2 aliphatic rings. The Morgan fingerprint density at radius 3 is 3.14 bits per heavy atom. The highest BCUT2D eigenvalue weighted by molar-refractivity contribution is 5.84. The first kappa shape index (κ1) is 9.87. The van der Waals surface area contributed by atoms with E-state index in [1.165, 1.54) is 0 Å². The average molecular weight is 196 g/mol. The van der Waals surface area contributed by atoms with Crippen molar-refractivity contribution in [1.82, 2.24) is 0 Å². The Morgan fingerprint density at radius 2 is 2.36 bits per heavy atom. The van der Waals surface area contributed by atoms with Crippen LogP contribution in [0.15, 0.2) is 12.7 Å². The summed E-state index contributed by atoms with van der Waals surface area (Å²) in [7, 11) is 0. The van der Waals surface area contributed by atoms with Crippen molar-refractivity contribution in [1.29, 1.82) is 0 Å². The van der Waals surface area contributed by atoms with E-state index in [0.29, 0.717) is 12.8 Å². The molecule has 2 saturated heterocycles. The van der Waals surface area contributed by atoms with Gasteiger partial charge in [-0.1, -0.05) is 6.08 Å². The average Bonchev–Trinajstić information content (AvgIpc) is 2.19. The van der Waals surface area contributed by atoms with Gasteiger partial charge in [-0.25, -0.2) is 0 Å². The van der Waals surface area contributed by atoms with E-state index in [2.05, 4.69) is 6.58 Å². The molecule has 3 nitrogen and oxygen atoms in total. The topological polar surface area (TPSA) is 35.5 Å². The van der Waals surface area contributed by atoms with Gasteiger partial charge < -0.3 is 9.47 Å². The van der Waals surface area contributed by atoms with Crippen LogP contribution in [-0.4, -0.2) is 30.7 Å². The molecule has 0 radical (unpaired) electrons. The highest BCUT2D eigenvalue weighted by atomic mass is 16.6. The fraction of sp³-hybridized carbons (Fsp3) is 0.727. The number of carbonyl (C=O) groups excluding carboxylic acids is 1. The lowest BCUT2D eigenvalue weighted by Crippen LogP contribution is -2.47. The number of fused-ring (bicyclic) bond motifs is 1. The van der Waals surface area contributed by atoms with Crippen molar-refractivity contribution in [2.24, 2.45) is 0 Å². The summed E-state index contributed by atoms with van der Waals surface area (Å²) in [6.07, 6.45) is 4.82. The maximum Gasteiger partial charge on any atom is 0.164 e. The molecule has 0 aromatic rings. The molecule has 0 aromatic carbocycles. The van der Waals surface area contributed by atoms with E-state index in [-0.39, 0.29) is 24.1 Å². The molecule has 0 bridgehead atoms. The molecule has 14 heavy (non-hydrogen) atoms. The zero-order valence-electron chi connectivity index (χ0n) is 8.28. The first-order valence-electron chi connectivity index (χ1n) is 5.22. The van der Waals surface area contributed by atoms with Gasteiger partial charge >= 0.3 is 0 Å². The zero-order chi connectivity index (χ0) is 9.97. The van der Waals surface area contributed by atoms with Crippen molar-refractivity contribution >= 4 is 5.78 Å². The first-order valence-corrected chi connectivity index (χ1v) is 5.22. The van der Waals surface area contributed by atoms with Crippen LogP contribution < -0.4 is 0 Å². The van der Waals surface area contributed by atoms with Crippen molar-refractivity contribution in [3.63, 3.8) is 0 Å². The van der Waals surface area contributed by atoms with Crippen LogP contribution >= 0.6 is 0 Å². The van der Waals surface area contributed by atoms with Gasteiger partial charge in [0, 0.05) is 13.0 Å². The van der Waals surface area contributed by atoms with E-state index in [4.69, 9.17) is 9.47 Å². The second-order valence-corrected chi connectivity index (χ2v) is 3.91. The van der Waals surface area contributed by atoms with Gasteiger partial charge in [0.25, 0.3) is 0 Å². The van der Waals surface area contributed by atoms with Crippen molar-refractivity contribution in [3.05, 3.63) is 12.7 Å². The van der Waals surface area contributed by atoms with Crippen molar-refractivity contribution in [2.75, 3.05) is 6.61 Å². The van der Waals surface area contributed by atoms with Crippen LogP contribution in [0.1, 0.15) is 25.7 Å².